The number of aliphatic hydroxyl groups is 1. The van der Waals surface area contributed by atoms with E-state index in [-0.39, 0.29) is 6.42 Å². The van der Waals surface area contributed by atoms with Crippen molar-refractivity contribution in [2.75, 3.05) is 0 Å². The summed E-state index contributed by atoms with van der Waals surface area (Å²) in [5, 5.41) is 28.7. The van der Waals surface area contributed by atoms with Crippen molar-refractivity contribution in [3.8, 4) is 0 Å². The topological polar surface area (TPSA) is 124 Å². The predicted octanol–water partition coefficient (Wildman–Crippen LogP) is -0.366. The van der Waals surface area contributed by atoms with Gasteiger partial charge >= 0.3 is 11.9 Å². The number of carboxylic acids is 2. The zero-order valence-electron chi connectivity index (χ0n) is 10.5. The van der Waals surface area contributed by atoms with Gasteiger partial charge in [-0.2, -0.15) is 0 Å². The second-order valence-corrected chi connectivity index (χ2v) is 4.21. The minimum atomic E-state index is -1.84. The van der Waals surface area contributed by atoms with Crippen LogP contribution >= 0.6 is 0 Å². The van der Waals surface area contributed by atoms with Gasteiger partial charge in [0.2, 0.25) is 5.91 Å². The summed E-state index contributed by atoms with van der Waals surface area (Å²) < 4.78 is 0. The van der Waals surface area contributed by atoms with Crippen LogP contribution in [0.5, 0.6) is 0 Å². The summed E-state index contributed by atoms with van der Waals surface area (Å²) >= 11 is 0. The third-order valence-electron chi connectivity index (χ3n) is 2.58. The third-order valence-corrected chi connectivity index (χ3v) is 2.58. The van der Waals surface area contributed by atoms with Crippen molar-refractivity contribution >= 4 is 17.8 Å². The average molecular weight is 281 g/mol. The van der Waals surface area contributed by atoms with Crippen LogP contribution in [0.1, 0.15) is 12.0 Å². The minimum absolute atomic E-state index is 0.0201. The van der Waals surface area contributed by atoms with E-state index in [0.717, 1.165) is 0 Å². The number of nitrogens with one attached hydrogen (secondary N) is 1. The number of aliphatic carboxylic acids is 2. The molecule has 7 heteroatoms. The fourth-order valence-corrected chi connectivity index (χ4v) is 1.57. The van der Waals surface area contributed by atoms with Crippen LogP contribution in [0.15, 0.2) is 30.3 Å². The molecule has 108 valence electrons. The number of carboxylic acid groups (broad SMARTS) is 2. The normalized spacial score (nSPS) is 13.2. The Morgan fingerprint density at radius 3 is 2.15 bits per heavy atom. The van der Waals surface area contributed by atoms with Gasteiger partial charge in [0.25, 0.3) is 0 Å². The van der Waals surface area contributed by atoms with E-state index in [2.05, 4.69) is 5.32 Å². The molecule has 0 aliphatic heterocycles. The molecular weight excluding hydrogens is 266 g/mol. The lowest BCUT2D eigenvalue weighted by atomic mass is 10.1. The Kier molecular flexibility index (Phi) is 5.67. The van der Waals surface area contributed by atoms with Crippen LogP contribution in [0.3, 0.4) is 0 Å². The number of rotatable bonds is 7. The lowest BCUT2D eigenvalue weighted by Gasteiger charge is -2.16. The van der Waals surface area contributed by atoms with Crippen LogP contribution < -0.4 is 5.32 Å². The van der Waals surface area contributed by atoms with E-state index < -0.39 is 36.4 Å². The molecule has 0 aliphatic carbocycles. The molecule has 2 unspecified atom stereocenters. The zero-order chi connectivity index (χ0) is 15.1. The molecule has 0 spiro atoms. The summed E-state index contributed by atoms with van der Waals surface area (Å²) in [4.78, 5) is 33.1. The van der Waals surface area contributed by atoms with Gasteiger partial charge in [-0.3, -0.25) is 4.79 Å². The first kappa shape index (κ1) is 15.6. The van der Waals surface area contributed by atoms with Crippen molar-refractivity contribution < 1.29 is 29.7 Å². The molecule has 1 aromatic carbocycles. The maximum Gasteiger partial charge on any atom is 0.332 e. The van der Waals surface area contributed by atoms with Crippen LogP contribution in [-0.2, 0) is 20.8 Å². The second-order valence-electron chi connectivity index (χ2n) is 4.21. The minimum Gasteiger partial charge on any atom is -0.480 e. The highest BCUT2D eigenvalue weighted by Gasteiger charge is 2.26. The molecule has 4 N–H and O–H groups in total. The molecule has 0 radical (unpaired) electrons. The molecule has 20 heavy (non-hydrogen) atoms. The van der Waals surface area contributed by atoms with Gasteiger partial charge < -0.3 is 20.6 Å². The number of amides is 1. The highest BCUT2D eigenvalue weighted by atomic mass is 16.4. The second kappa shape index (κ2) is 7.25. The smallest absolute Gasteiger partial charge is 0.332 e. The quantitative estimate of drug-likeness (QED) is 0.541. The molecule has 7 nitrogen and oxygen atoms in total. The average Bonchev–Trinajstić information content (AvgIpc) is 2.38. The van der Waals surface area contributed by atoms with Gasteiger partial charge in [0.05, 0.1) is 6.42 Å². The van der Waals surface area contributed by atoms with Crippen molar-refractivity contribution in [3.63, 3.8) is 0 Å². The molecule has 0 bridgehead atoms. The Morgan fingerprint density at radius 2 is 1.65 bits per heavy atom. The highest BCUT2D eigenvalue weighted by molar-refractivity contribution is 5.85. The van der Waals surface area contributed by atoms with E-state index in [1.807, 2.05) is 0 Å². The molecule has 0 aliphatic rings. The fraction of sp³-hybridized carbons (Fsp3) is 0.308. The summed E-state index contributed by atoms with van der Waals surface area (Å²) in [6.07, 6.45) is -2.45. The van der Waals surface area contributed by atoms with E-state index in [4.69, 9.17) is 15.3 Å². The fourth-order valence-electron chi connectivity index (χ4n) is 1.57. The molecule has 1 aromatic rings. The maximum atomic E-state index is 11.7. The SMILES string of the molecule is O=C(Cc1ccccc1)NC(CC(O)C(=O)O)C(=O)O. The van der Waals surface area contributed by atoms with Crippen LogP contribution in [0.4, 0.5) is 0 Å². The van der Waals surface area contributed by atoms with Gasteiger partial charge in [0.15, 0.2) is 6.10 Å². The van der Waals surface area contributed by atoms with Crippen LogP contribution in [0, 0.1) is 0 Å². The van der Waals surface area contributed by atoms with E-state index >= 15 is 0 Å². The summed E-state index contributed by atoms with van der Waals surface area (Å²) in [7, 11) is 0. The van der Waals surface area contributed by atoms with Gasteiger partial charge in [-0.1, -0.05) is 30.3 Å². The zero-order valence-corrected chi connectivity index (χ0v) is 10.5. The predicted molar refractivity (Wildman–Crippen MR) is 68.0 cm³/mol. The first-order valence-electron chi connectivity index (χ1n) is 5.87. The molecule has 0 saturated carbocycles. The Balaban J connectivity index is 2.59. The van der Waals surface area contributed by atoms with Gasteiger partial charge in [-0.05, 0) is 5.56 Å². The highest BCUT2D eigenvalue weighted by Crippen LogP contribution is 2.03. The van der Waals surface area contributed by atoms with E-state index in [1.54, 1.807) is 30.3 Å². The molecular formula is C13H15NO6. The van der Waals surface area contributed by atoms with Gasteiger partial charge in [-0.15, -0.1) is 0 Å². The van der Waals surface area contributed by atoms with Crippen LogP contribution in [-0.4, -0.2) is 45.3 Å². The van der Waals surface area contributed by atoms with Gasteiger partial charge in [0.1, 0.15) is 6.04 Å². The van der Waals surface area contributed by atoms with Crippen molar-refractivity contribution in [1.82, 2.24) is 5.32 Å². The molecule has 0 heterocycles. The number of hydrogen-bond acceptors (Lipinski definition) is 4. The number of aliphatic hydroxyl groups excluding tert-OH is 1. The van der Waals surface area contributed by atoms with Crippen molar-refractivity contribution in [2.45, 2.75) is 25.0 Å². The van der Waals surface area contributed by atoms with Gasteiger partial charge in [0, 0.05) is 6.42 Å². The molecule has 0 saturated heterocycles. The van der Waals surface area contributed by atoms with Crippen LogP contribution in [0.2, 0.25) is 0 Å². The third kappa shape index (κ3) is 5.07. The number of carbonyl (C=O) groups is 3. The molecule has 1 rings (SSSR count). The van der Waals surface area contributed by atoms with Gasteiger partial charge in [-0.25, -0.2) is 9.59 Å². The van der Waals surface area contributed by atoms with Crippen molar-refractivity contribution in [3.05, 3.63) is 35.9 Å². The Hall–Kier alpha value is -2.41. The lowest BCUT2D eigenvalue weighted by molar-refractivity contribution is -0.149. The maximum absolute atomic E-state index is 11.7. The summed E-state index contributed by atoms with van der Waals surface area (Å²) in [6, 6.07) is 7.24. The Bertz CT molecular complexity index is 487. The van der Waals surface area contributed by atoms with E-state index in [0.29, 0.717) is 5.56 Å². The monoisotopic (exact) mass is 281 g/mol. The molecule has 2 atom stereocenters. The summed E-state index contributed by atoms with van der Waals surface area (Å²) in [6.45, 7) is 0. The standard InChI is InChI=1S/C13H15NO6/c15-10(13(19)20)7-9(12(17)18)14-11(16)6-8-4-2-1-3-5-8/h1-5,9-10,15H,6-7H2,(H,14,16)(H,17,18)(H,19,20). The molecule has 0 aromatic heterocycles. The lowest BCUT2D eigenvalue weighted by Crippen LogP contribution is -2.44. The Morgan fingerprint density at radius 1 is 1.05 bits per heavy atom. The Labute approximate surface area is 114 Å². The molecule has 0 fully saturated rings. The van der Waals surface area contributed by atoms with Crippen molar-refractivity contribution in [2.24, 2.45) is 0 Å². The summed E-state index contributed by atoms with van der Waals surface area (Å²) in [5.41, 5.74) is 0.702. The first-order chi connectivity index (χ1) is 9.40. The number of benzene rings is 1. The van der Waals surface area contributed by atoms with E-state index in [1.165, 1.54) is 0 Å². The van der Waals surface area contributed by atoms with Crippen LogP contribution in [0.25, 0.3) is 0 Å². The largest absolute Gasteiger partial charge is 0.480 e. The first-order valence-corrected chi connectivity index (χ1v) is 5.87. The number of hydrogen-bond donors (Lipinski definition) is 4. The van der Waals surface area contributed by atoms with E-state index in [9.17, 15) is 14.4 Å². The summed E-state index contributed by atoms with van der Waals surface area (Å²) in [5.74, 6) is -3.48. The van der Waals surface area contributed by atoms with Crippen molar-refractivity contribution in [1.29, 1.82) is 0 Å². The molecule has 1 amide bonds. The number of carbonyl (C=O) groups excluding carboxylic acids is 1.